The van der Waals surface area contributed by atoms with Crippen LogP contribution >= 0.6 is 0 Å². The molecule has 27 heavy (non-hydrogen) atoms. The molecule has 0 atom stereocenters. The predicted octanol–water partition coefficient (Wildman–Crippen LogP) is 3.02. The molecule has 0 radical (unpaired) electrons. The molecule has 1 N–H and O–H groups in total. The molecule has 0 bridgehead atoms. The number of benzene rings is 1. The van der Waals surface area contributed by atoms with Crippen molar-refractivity contribution in [2.75, 3.05) is 25.0 Å². The second kappa shape index (κ2) is 7.49. The van der Waals surface area contributed by atoms with E-state index in [0.29, 0.717) is 31.4 Å². The van der Waals surface area contributed by atoms with Gasteiger partial charge in [0.1, 0.15) is 11.6 Å². The highest BCUT2D eigenvalue weighted by molar-refractivity contribution is 5.89. The number of likely N-dealkylation sites (tertiary alicyclic amines) is 1. The molecule has 2 aromatic heterocycles. The average molecular weight is 363 g/mol. The summed E-state index contributed by atoms with van der Waals surface area (Å²) in [5.41, 5.74) is 1.69. The summed E-state index contributed by atoms with van der Waals surface area (Å²) in [5, 5.41) is 7.01. The van der Waals surface area contributed by atoms with Crippen molar-refractivity contribution in [3.63, 3.8) is 0 Å². The lowest BCUT2D eigenvalue weighted by molar-refractivity contribution is 0.0924. The Kier molecular flexibility index (Phi) is 4.74. The van der Waals surface area contributed by atoms with Crippen LogP contribution in [0.15, 0.2) is 60.9 Å². The van der Waals surface area contributed by atoms with Gasteiger partial charge in [-0.2, -0.15) is 5.10 Å². The summed E-state index contributed by atoms with van der Waals surface area (Å²) in [6.45, 7) is 1.98. The molecule has 1 aromatic carbocycles. The van der Waals surface area contributed by atoms with Gasteiger partial charge in [0.2, 0.25) is 0 Å². The van der Waals surface area contributed by atoms with Crippen LogP contribution in [0.3, 0.4) is 0 Å². The largest absolute Gasteiger partial charge is 0.493 e. The Hall–Kier alpha value is -3.35. The summed E-state index contributed by atoms with van der Waals surface area (Å²) >= 11 is 0. The first-order valence-electron chi connectivity index (χ1n) is 8.87. The standard InChI is InChI=1S/C20H21N5O2/c1-24-13-16(10-21-24)18-8-5-9-19(22-18)23-20(26)25-11-15(12-25)14-27-17-6-3-2-4-7-17/h2-10,13,15H,11-12,14H2,1H3,(H,22,23,26). The lowest BCUT2D eigenvalue weighted by Crippen LogP contribution is -2.53. The maximum atomic E-state index is 12.4. The third kappa shape index (κ3) is 4.08. The molecule has 0 unspecified atom stereocenters. The van der Waals surface area contributed by atoms with E-state index >= 15 is 0 Å². The van der Waals surface area contributed by atoms with E-state index in [4.69, 9.17) is 4.74 Å². The fourth-order valence-corrected chi connectivity index (χ4v) is 2.98. The van der Waals surface area contributed by atoms with Gasteiger partial charge >= 0.3 is 6.03 Å². The second-order valence-corrected chi connectivity index (χ2v) is 6.64. The summed E-state index contributed by atoms with van der Waals surface area (Å²) in [7, 11) is 1.86. The number of nitrogens with zero attached hydrogens (tertiary/aromatic N) is 4. The Balaban J connectivity index is 1.28. The van der Waals surface area contributed by atoms with Crippen molar-refractivity contribution in [2.45, 2.75) is 0 Å². The van der Waals surface area contributed by atoms with Crippen LogP contribution in [-0.4, -0.2) is 45.4 Å². The molecule has 1 aliphatic heterocycles. The Morgan fingerprint density at radius 3 is 2.74 bits per heavy atom. The predicted molar refractivity (Wildman–Crippen MR) is 102 cm³/mol. The summed E-state index contributed by atoms with van der Waals surface area (Å²) in [6, 6.07) is 15.1. The minimum absolute atomic E-state index is 0.137. The molecule has 1 aliphatic rings. The lowest BCUT2D eigenvalue weighted by atomic mass is 10.0. The van der Waals surface area contributed by atoms with Crippen LogP contribution in [0.2, 0.25) is 0 Å². The molecule has 1 fully saturated rings. The summed E-state index contributed by atoms with van der Waals surface area (Å²) in [4.78, 5) is 18.6. The molecule has 138 valence electrons. The van der Waals surface area contributed by atoms with E-state index in [2.05, 4.69) is 15.4 Å². The van der Waals surface area contributed by atoms with E-state index in [1.807, 2.05) is 55.7 Å². The number of hydrogen-bond acceptors (Lipinski definition) is 4. The van der Waals surface area contributed by atoms with Crippen LogP contribution in [-0.2, 0) is 7.05 Å². The number of aryl methyl sites for hydroxylation is 1. The summed E-state index contributed by atoms with van der Waals surface area (Å²) in [6.07, 6.45) is 3.64. The zero-order chi connectivity index (χ0) is 18.6. The normalized spacial score (nSPS) is 13.9. The van der Waals surface area contributed by atoms with E-state index in [9.17, 15) is 4.79 Å². The Labute approximate surface area is 157 Å². The van der Waals surface area contributed by atoms with Crippen molar-refractivity contribution in [3.05, 3.63) is 60.9 Å². The highest BCUT2D eigenvalue weighted by Crippen LogP contribution is 2.21. The van der Waals surface area contributed by atoms with Gasteiger partial charge in [0, 0.05) is 37.8 Å². The molecule has 3 heterocycles. The van der Waals surface area contributed by atoms with Gasteiger partial charge in [-0.1, -0.05) is 24.3 Å². The van der Waals surface area contributed by atoms with E-state index in [-0.39, 0.29) is 6.03 Å². The molecular weight excluding hydrogens is 342 g/mol. The number of hydrogen-bond donors (Lipinski definition) is 1. The van der Waals surface area contributed by atoms with E-state index in [1.54, 1.807) is 21.8 Å². The average Bonchev–Trinajstić information content (AvgIpc) is 3.08. The number of rotatable bonds is 5. The number of carbonyl (C=O) groups is 1. The SMILES string of the molecule is Cn1cc(-c2cccc(NC(=O)N3CC(COc4ccccc4)C3)n2)cn1. The van der Waals surface area contributed by atoms with Crippen molar-refractivity contribution < 1.29 is 9.53 Å². The lowest BCUT2D eigenvalue weighted by Gasteiger charge is -2.38. The minimum Gasteiger partial charge on any atom is -0.493 e. The molecule has 7 heteroatoms. The van der Waals surface area contributed by atoms with Gasteiger partial charge in [-0.3, -0.25) is 10.00 Å². The zero-order valence-electron chi connectivity index (χ0n) is 15.1. The summed E-state index contributed by atoms with van der Waals surface area (Å²) in [5.74, 6) is 1.74. The van der Waals surface area contributed by atoms with E-state index in [0.717, 1.165) is 17.0 Å². The van der Waals surface area contributed by atoms with Gasteiger partial charge in [0.05, 0.1) is 18.5 Å². The van der Waals surface area contributed by atoms with Crippen molar-refractivity contribution in [1.29, 1.82) is 0 Å². The first-order chi connectivity index (χ1) is 13.2. The number of carbonyl (C=O) groups excluding carboxylic acids is 1. The van der Waals surface area contributed by atoms with Crippen molar-refractivity contribution in [1.82, 2.24) is 19.7 Å². The number of ether oxygens (including phenoxy) is 1. The van der Waals surface area contributed by atoms with Crippen LogP contribution in [0.1, 0.15) is 0 Å². The van der Waals surface area contributed by atoms with Gasteiger partial charge in [-0.25, -0.2) is 9.78 Å². The number of pyridine rings is 1. The second-order valence-electron chi connectivity index (χ2n) is 6.64. The number of aromatic nitrogens is 3. The molecule has 1 saturated heterocycles. The molecule has 3 aromatic rings. The first kappa shape index (κ1) is 17.1. The number of anilines is 1. The van der Waals surface area contributed by atoms with Gasteiger partial charge in [-0.05, 0) is 24.3 Å². The fraction of sp³-hybridized carbons (Fsp3) is 0.250. The Morgan fingerprint density at radius 1 is 1.19 bits per heavy atom. The Morgan fingerprint density at radius 2 is 2.00 bits per heavy atom. The van der Waals surface area contributed by atoms with Gasteiger partial charge in [0.15, 0.2) is 0 Å². The van der Waals surface area contributed by atoms with E-state index < -0.39 is 0 Å². The van der Waals surface area contributed by atoms with Crippen LogP contribution in [0.25, 0.3) is 11.3 Å². The fourth-order valence-electron chi connectivity index (χ4n) is 2.98. The van der Waals surface area contributed by atoms with E-state index in [1.165, 1.54) is 0 Å². The number of amides is 2. The molecule has 4 rings (SSSR count). The topological polar surface area (TPSA) is 72.3 Å². The summed E-state index contributed by atoms with van der Waals surface area (Å²) < 4.78 is 7.47. The van der Waals surface area contributed by atoms with Crippen LogP contribution in [0.4, 0.5) is 10.6 Å². The minimum atomic E-state index is -0.137. The molecule has 7 nitrogen and oxygen atoms in total. The molecular formula is C20H21N5O2. The maximum Gasteiger partial charge on any atom is 0.323 e. The monoisotopic (exact) mass is 363 g/mol. The highest BCUT2D eigenvalue weighted by atomic mass is 16.5. The van der Waals surface area contributed by atoms with Crippen LogP contribution < -0.4 is 10.1 Å². The van der Waals surface area contributed by atoms with Crippen molar-refractivity contribution >= 4 is 11.8 Å². The molecule has 0 saturated carbocycles. The van der Waals surface area contributed by atoms with Crippen molar-refractivity contribution in [3.8, 4) is 17.0 Å². The number of para-hydroxylation sites is 1. The van der Waals surface area contributed by atoms with Gasteiger partial charge < -0.3 is 9.64 Å². The van der Waals surface area contributed by atoms with Crippen LogP contribution in [0, 0.1) is 5.92 Å². The highest BCUT2D eigenvalue weighted by Gasteiger charge is 2.31. The third-order valence-electron chi connectivity index (χ3n) is 4.46. The quantitative estimate of drug-likeness (QED) is 0.756. The molecule has 0 spiro atoms. The number of urea groups is 1. The first-order valence-corrected chi connectivity index (χ1v) is 8.87. The third-order valence-corrected chi connectivity index (χ3v) is 4.46. The Bertz CT molecular complexity index is 919. The van der Waals surface area contributed by atoms with Crippen molar-refractivity contribution in [2.24, 2.45) is 13.0 Å². The maximum absolute atomic E-state index is 12.4. The van der Waals surface area contributed by atoms with Gasteiger partial charge in [-0.15, -0.1) is 0 Å². The van der Waals surface area contributed by atoms with Crippen LogP contribution in [0.5, 0.6) is 5.75 Å². The number of nitrogens with one attached hydrogen (secondary N) is 1. The molecule has 2 amide bonds. The molecule has 0 aliphatic carbocycles. The smallest absolute Gasteiger partial charge is 0.323 e. The zero-order valence-corrected chi connectivity index (χ0v) is 15.1. The van der Waals surface area contributed by atoms with Gasteiger partial charge in [0.25, 0.3) is 0 Å².